The predicted molar refractivity (Wildman–Crippen MR) is 70.3 cm³/mol. The third-order valence-electron chi connectivity index (χ3n) is 2.85. The van der Waals surface area contributed by atoms with E-state index in [-0.39, 0.29) is 6.04 Å². The molecule has 0 fully saturated rings. The summed E-state index contributed by atoms with van der Waals surface area (Å²) in [5.41, 5.74) is 7.23. The minimum absolute atomic E-state index is 0.189. The van der Waals surface area contributed by atoms with E-state index in [1.807, 2.05) is 18.2 Å². The van der Waals surface area contributed by atoms with Crippen LogP contribution in [0.25, 0.3) is 0 Å². The van der Waals surface area contributed by atoms with Gasteiger partial charge in [0.1, 0.15) is 0 Å². The van der Waals surface area contributed by atoms with Gasteiger partial charge in [-0.25, -0.2) is 0 Å². The molecular weight excluding hydrogens is 273 g/mol. The first-order valence-electron chi connectivity index (χ1n) is 5.24. The second-order valence-electron chi connectivity index (χ2n) is 3.99. The maximum Gasteiger partial charge on any atom is 0.0449 e. The Hall–Kier alpha value is -0.0500. The fourth-order valence-corrected chi connectivity index (χ4v) is 2.20. The van der Waals surface area contributed by atoms with Crippen LogP contribution in [0.2, 0.25) is 5.02 Å². The summed E-state index contributed by atoms with van der Waals surface area (Å²) in [4.78, 5) is 0. The molecule has 2 N–H and O–H groups in total. The SMILES string of the molecule is CCC(C)C(N)Cc1ccc(Br)cc1Cl. The molecule has 0 aliphatic heterocycles. The van der Waals surface area contributed by atoms with E-state index in [0.29, 0.717) is 5.92 Å². The average Bonchev–Trinajstić information content (AvgIpc) is 2.20. The van der Waals surface area contributed by atoms with E-state index < -0.39 is 0 Å². The highest BCUT2D eigenvalue weighted by Crippen LogP contribution is 2.23. The zero-order valence-electron chi connectivity index (χ0n) is 9.13. The largest absolute Gasteiger partial charge is 0.327 e. The molecule has 0 saturated heterocycles. The molecule has 0 bridgehead atoms. The van der Waals surface area contributed by atoms with Crippen molar-refractivity contribution in [2.45, 2.75) is 32.7 Å². The predicted octanol–water partition coefficient (Wildman–Crippen LogP) is 4.02. The van der Waals surface area contributed by atoms with Gasteiger partial charge in [0.2, 0.25) is 0 Å². The van der Waals surface area contributed by atoms with E-state index >= 15 is 0 Å². The highest BCUT2D eigenvalue weighted by Gasteiger charge is 2.13. The number of hydrogen-bond acceptors (Lipinski definition) is 1. The molecule has 0 aliphatic carbocycles. The molecule has 2 unspecified atom stereocenters. The summed E-state index contributed by atoms with van der Waals surface area (Å²) in [6.45, 7) is 4.34. The van der Waals surface area contributed by atoms with Gasteiger partial charge in [-0.05, 0) is 30.0 Å². The highest BCUT2D eigenvalue weighted by atomic mass is 79.9. The van der Waals surface area contributed by atoms with Crippen molar-refractivity contribution in [1.82, 2.24) is 0 Å². The first-order valence-corrected chi connectivity index (χ1v) is 6.41. The van der Waals surface area contributed by atoms with Crippen LogP contribution in [0.15, 0.2) is 22.7 Å². The third-order valence-corrected chi connectivity index (χ3v) is 3.69. The monoisotopic (exact) mass is 289 g/mol. The lowest BCUT2D eigenvalue weighted by atomic mass is 9.94. The van der Waals surface area contributed by atoms with Crippen LogP contribution in [0.3, 0.4) is 0 Å². The van der Waals surface area contributed by atoms with Gasteiger partial charge in [-0.3, -0.25) is 0 Å². The van der Waals surface area contributed by atoms with E-state index in [1.54, 1.807) is 0 Å². The topological polar surface area (TPSA) is 26.0 Å². The zero-order valence-corrected chi connectivity index (χ0v) is 11.5. The van der Waals surface area contributed by atoms with E-state index in [9.17, 15) is 0 Å². The standard InChI is InChI=1S/C12H17BrClN/c1-3-8(2)12(15)6-9-4-5-10(13)7-11(9)14/h4-5,7-8,12H,3,6,15H2,1-2H3. The van der Waals surface area contributed by atoms with Crippen LogP contribution >= 0.6 is 27.5 Å². The van der Waals surface area contributed by atoms with Crippen LogP contribution in [-0.4, -0.2) is 6.04 Å². The van der Waals surface area contributed by atoms with Crippen molar-refractivity contribution >= 4 is 27.5 Å². The number of halogens is 2. The molecule has 3 heteroatoms. The zero-order chi connectivity index (χ0) is 11.4. The van der Waals surface area contributed by atoms with Crippen molar-refractivity contribution in [1.29, 1.82) is 0 Å². The molecule has 84 valence electrons. The van der Waals surface area contributed by atoms with E-state index in [0.717, 1.165) is 27.9 Å². The molecular formula is C12H17BrClN. The molecule has 0 aliphatic rings. The minimum atomic E-state index is 0.189. The molecule has 15 heavy (non-hydrogen) atoms. The van der Waals surface area contributed by atoms with Crippen LogP contribution in [0.4, 0.5) is 0 Å². The van der Waals surface area contributed by atoms with Gasteiger partial charge in [-0.1, -0.05) is 53.9 Å². The van der Waals surface area contributed by atoms with Crippen LogP contribution in [0.5, 0.6) is 0 Å². The molecule has 0 radical (unpaired) electrons. The van der Waals surface area contributed by atoms with Crippen molar-refractivity contribution < 1.29 is 0 Å². The van der Waals surface area contributed by atoms with Gasteiger partial charge in [-0.15, -0.1) is 0 Å². The maximum atomic E-state index is 6.14. The molecule has 1 aromatic rings. The van der Waals surface area contributed by atoms with Gasteiger partial charge in [0.25, 0.3) is 0 Å². The first-order chi connectivity index (χ1) is 7.04. The second kappa shape index (κ2) is 5.88. The molecule has 2 atom stereocenters. The maximum absolute atomic E-state index is 6.14. The third kappa shape index (κ3) is 3.78. The van der Waals surface area contributed by atoms with Gasteiger partial charge >= 0.3 is 0 Å². The van der Waals surface area contributed by atoms with Crippen molar-refractivity contribution in [3.63, 3.8) is 0 Å². The van der Waals surface area contributed by atoms with E-state index in [1.165, 1.54) is 0 Å². The summed E-state index contributed by atoms with van der Waals surface area (Å²) in [6.07, 6.45) is 1.95. The van der Waals surface area contributed by atoms with E-state index in [4.69, 9.17) is 17.3 Å². The lowest BCUT2D eigenvalue weighted by Crippen LogP contribution is -2.30. The van der Waals surface area contributed by atoms with Crippen molar-refractivity contribution in [2.24, 2.45) is 11.7 Å². The molecule has 0 saturated carbocycles. The summed E-state index contributed by atoms with van der Waals surface area (Å²) >= 11 is 9.53. The smallest absolute Gasteiger partial charge is 0.0449 e. The first kappa shape index (κ1) is 13.0. The number of nitrogens with two attached hydrogens (primary N) is 1. The lowest BCUT2D eigenvalue weighted by Gasteiger charge is -2.18. The van der Waals surface area contributed by atoms with Crippen molar-refractivity contribution in [3.05, 3.63) is 33.3 Å². The summed E-state index contributed by atoms with van der Waals surface area (Å²) < 4.78 is 1.01. The summed E-state index contributed by atoms with van der Waals surface area (Å²) in [7, 11) is 0. The summed E-state index contributed by atoms with van der Waals surface area (Å²) in [6, 6.07) is 6.15. The average molecular weight is 291 g/mol. The van der Waals surface area contributed by atoms with Crippen molar-refractivity contribution in [2.75, 3.05) is 0 Å². The number of benzene rings is 1. The van der Waals surface area contributed by atoms with Gasteiger partial charge < -0.3 is 5.73 Å². The van der Waals surface area contributed by atoms with Crippen LogP contribution in [0, 0.1) is 5.92 Å². The fourth-order valence-electron chi connectivity index (χ4n) is 1.45. The summed E-state index contributed by atoms with van der Waals surface area (Å²) in [5.74, 6) is 0.532. The van der Waals surface area contributed by atoms with Crippen molar-refractivity contribution in [3.8, 4) is 0 Å². The Kier molecular flexibility index (Phi) is 5.10. The molecule has 0 amide bonds. The molecule has 0 heterocycles. The van der Waals surface area contributed by atoms with Gasteiger partial charge in [-0.2, -0.15) is 0 Å². The fraction of sp³-hybridized carbons (Fsp3) is 0.500. The van der Waals surface area contributed by atoms with Crippen LogP contribution in [0.1, 0.15) is 25.8 Å². The molecule has 1 aromatic carbocycles. The molecule has 1 rings (SSSR count). The second-order valence-corrected chi connectivity index (χ2v) is 5.31. The van der Waals surface area contributed by atoms with Gasteiger partial charge in [0.05, 0.1) is 0 Å². The Morgan fingerprint density at radius 3 is 2.67 bits per heavy atom. The molecule has 0 aromatic heterocycles. The minimum Gasteiger partial charge on any atom is -0.327 e. The Balaban J connectivity index is 2.72. The van der Waals surface area contributed by atoms with E-state index in [2.05, 4.69) is 29.8 Å². The lowest BCUT2D eigenvalue weighted by molar-refractivity contribution is 0.440. The van der Waals surface area contributed by atoms with Gasteiger partial charge in [0.15, 0.2) is 0 Å². The number of rotatable bonds is 4. The molecule has 1 nitrogen and oxygen atoms in total. The quantitative estimate of drug-likeness (QED) is 0.890. The normalized spacial score (nSPS) is 15.0. The Bertz CT molecular complexity index is 327. The summed E-state index contributed by atoms with van der Waals surface area (Å²) in [5, 5.41) is 0.795. The Morgan fingerprint density at radius 2 is 2.13 bits per heavy atom. The van der Waals surface area contributed by atoms with Crippen LogP contribution in [-0.2, 0) is 6.42 Å². The molecule has 0 spiro atoms. The Morgan fingerprint density at radius 1 is 1.47 bits per heavy atom. The van der Waals surface area contributed by atoms with Crippen LogP contribution < -0.4 is 5.73 Å². The van der Waals surface area contributed by atoms with Gasteiger partial charge in [0, 0.05) is 15.5 Å². The number of hydrogen-bond donors (Lipinski definition) is 1. The highest BCUT2D eigenvalue weighted by molar-refractivity contribution is 9.10. The Labute approximate surface area is 105 Å².